The van der Waals surface area contributed by atoms with Gasteiger partial charge in [0.2, 0.25) is 6.79 Å². The largest absolute Gasteiger partial charge is 0.483 e. The SMILES string of the molecule is CCC(N)C(Oc1ccc2c(c1)OCO2)c1cc(Br)cs1. The van der Waals surface area contributed by atoms with Gasteiger partial charge in [-0.3, -0.25) is 0 Å². The molecular weight excluding hydrogens is 354 g/mol. The Morgan fingerprint density at radius 1 is 1.33 bits per heavy atom. The van der Waals surface area contributed by atoms with Crippen LogP contribution in [-0.4, -0.2) is 12.8 Å². The van der Waals surface area contributed by atoms with Gasteiger partial charge in [-0.25, -0.2) is 0 Å². The lowest BCUT2D eigenvalue weighted by Crippen LogP contribution is -2.30. The molecule has 0 radical (unpaired) electrons. The Balaban J connectivity index is 1.84. The number of thiophene rings is 1. The normalized spacial score (nSPS) is 15.8. The number of nitrogens with two attached hydrogens (primary N) is 1. The fourth-order valence-electron chi connectivity index (χ4n) is 2.14. The Morgan fingerprint density at radius 3 is 2.86 bits per heavy atom. The molecule has 4 nitrogen and oxygen atoms in total. The van der Waals surface area contributed by atoms with E-state index in [0.29, 0.717) is 5.75 Å². The quantitative estimate of drug-likeness (QED) is 0.861. The smallest absolute Gasteiger partial charge is 0.231 e. The molecule has 6 heteroatoms. The highest BCUT2D eigenvalue weighted by atomic mass is 79.9. The minimum Gasteiger partial charge on any atom is -0.483 e. The molecule has 0 saturated heterocycles. The number of fused-ring (bicyclic) bond motifs is 1. The van der Waals surface area contributed by atoms with Crippen LogP contribution < -0.4 is 19.9 Å². The average molecular weight is 370 g/mol. The van der Waals surface area contributed by atoms with Crippen LogP contribution in [0.2, 0.25) is 0 Å². The summed E-state index contributed by atoms with van der Waals surface area (Å²) in [4.78, 5) is 1.11. The molecule has 21 heavy (non-hydrogen) atoms. The standard InChI is InChI=1S/C15H16BrNO3S/c1-2-11(17)15(14-5-9(16)7-21-14)20-10-3-4-12-13(6-10)19-8-18-12/h3-7,11,15H,2,8,17H2,1H3. The lowest BCUT2D eigenvalue weighted by molar-refractivity contribution is 0.169. The van der Waals surface area contributed by atoms with Crippen LogP contribution in [0.5, 0.6) is 17.2 Å². The Hall–Kier alpha value is -1.24. The van der Waals surface area contributed by atoms with E-state index in [0.717, 1.165) is 27.3 Å². The van der Waals surface area contributed by atoms with Crippen molar-refractivity contribution in [1.82, 2.24) is 0 Å². The lowest BCUT2D eigenvalue weighted by atomic mass is 10.1. The molecule has 0 spiro atoms. The number of ether oxygens (including phenoxy) is 3. The second kappa shape index (κ2) is 6.25. The Bertz CT molecular complexity index is 631. The molecule has 1 aliphatic rings. The van der Waals surface area contributed by atoms with E-state index in [-0.39, 0.29) is 18.9 Å². The van der Waals surface area contributed by atoms with Gasteiger partial charge >= 0.3 is 0 Å². The van der Waals surface area contributed by atoms with Gasteiger partial charge in [-0.05, 0) is 40.5 Å². The number of halogens is 1. The molecular formula is C15H16BrNO3S. The van der Waals surface area contributed by atoms with Gasteiger partial charge < -0.3 is 19.9 Å². The van der Waals surface area contributed by atoms with Crippen LogP contribution in [0.4, 0.5) is 0 Å². The molecule has 2 heterocycles. The minimum atomic E-state index is -0.174. The monoisotopic (exact) mass is 369 g/mol. The van der Waals surface area contributed by atoms with Crippen molar-refractivity contribution in [2.75, 3.05) is 6.79 Å². The highest BCUT2D eigenvalue weighted by Crippen LogP contribution is 2.38. The van der Waals surface area contributed by atoms with Gasteiger partial charge in [0.1, 0.15) is 11.9 Å². The maximum atomic E-state index is 6.23. The first-order chi connectivity index (χ1) is 10.2. The number of hydrogen-bond acceptors (Lipinski definition) is 5. The minimum absolute atomic E-state index is 0.0685. The summed E-state index contributed by atoms with van der Waals surface area (Å²) in [6.45, 7) is 2.32. The molecule has 1 aromatic carbocycles. The van der Waals surface area contributed by atoms with Gasteiger partial charge in [0.05, 0.1) is 0 Å². The second-order valence-corrected chi connectivity index (χ2v) is 6.65. The maximum Gasteiger partial charge on any atom is 0.231 e. The predicted molar refractivity (Wildman–Crippen MR) is 86.2 cm³/mol. The molecule has 0 amide bonds. The molecule has 2 N–H and O–H groups in total. The summed E-state index contributed by atoms with van der Waals surface area (Å²) >= 11 is 5.11. The second-order valence-electron chi connectivity index (χ2n) is 4.79. The third kappa shape index (κ3) is 3.17. The fraction of sp³-hybridized carbons (Fsp3) is 0.333. The zero-order valence-electron chi connectivity index (χ0n) is 11.5. The van der Waals surface area contributed by atoms with E-state index in [2.05, 4.69) is 28.9 Å². The zero-order chi connectivity index (χ0) is 14.8. The molecule has 3 rings (SSSR count). The molecule has 2 aromatic rings. The van der Waals surface area contributed by atoms with Gasteiger partial charge in [-0.15, -0.1) is 11.3 Å². The molecule has 112 valence electrons. The first kappa shape index (κ1) is 14.7. The van der Waals surface area contributed by atoms with E-state index >= 15 is 0 Å². The fourth-order valence-corrected chi connectivity index (χ4v) is 3.69. The summed E-state index contributed by atoms with van der Waals surface area (Å²) in [6.07, 6.45) is 0.664. The molecule has 0 saturated carbocycles. The van der Waals surface area contributed by atoms with Crippen LogP contribution >= 0.6 is 27.3 Å². The zero-order valence-corrected chi connectivity index (χ0v) is 13.9. The van der Waals surface area contributed by atoms with Crippen molar-refractivity contribution in [2.24, 2.45) is 5.73 Å². The Labute approximate surface area is 135 Å². The van der Waals surface area contributed by atoms with E-state index in [1.807, 2.05) is 23.6 Å². The maximum absolute atomic E-state index is 6.23. The highest BCUT2D eigenvalue weighted by Gasteiger charge is 2.23. The van der Waals surface area contributed by atoms with E-state index in [1.165, 1.54) is 0 Å². The van der Waals surface area contributed by atoms with Crippen molar-refractivity contribution in [3.8, 4) is 17.2 Å². The lowest BCUT2D eigenvalue weighted by Gasteiger charge is -2.23. The number of benzene rings is 1. The van der Waals surface area contributed by atoms with Crippen LogP contribution in [0, 0.1) is 0 Å². The van der Waals surface area contributed by atoms with E-state index in [1.54, 1.807) is 11.3 Å². The molecule has 0 fully saturated rings. The predicted octanol–water partition coefficient (Wildman–Crippen LogP) is 4.10. The third-order valence-corrected chi connectivity index (χ3v) is 5.09. The Kier molecular flexibility index (Phi) is 4.37. The summed E-state index contributed by atoms with van der Waals surface area (Å²) in [5.74, 6) is 2.19. The van der Waals surface area contributed by atoms with E-state index in [4.69, 9.17) is 19.9 Å². The van der Waals surface area contributed by atoms with Gasteiger partial charge in [0, 0.05) is 26.8 Å². The third-order valence-electron chi connectivity index (χ3n) is 3.34. The molecule has 0 bridgehead atoms. The summed E-state index contributed by atoms with van der Waals surface area (Å²) in [7, 11) is 0. The van der Waals surface area contributed by atoms with Gasteiger partial charge in [-0.2, -0.15) is 0 Å². The van der Waals surface area contributed by atoms with E-state index in [9.17, 15) is 0 Å². The van der Waals surface area contributed by atoms with Crippen molar-refractivity contribution < 1.29 is 14.2 Å². The Morgan fingerprint density at radius 2 is 2.14 bits per heavy atom. The summed E-state index contributed by atoms with van der Waals surface area (Å²) in [6, 6.07) is 7.57. The van der Waals surface area contributed by atoms with E-state index < -0.39 is 0 Å². The van der Waals surface area contributed by atoms with Gasteiger partial charge in [0.15, 0.2) is 11.5 Å². The van der Waals surface area contributed by atoms with Crippen molar-refractivity contribution >= 4 is 27.3 Å². The number of hydrogen-bond donors (Lipinski definition) is 1. The van der Waals surface area contributed by atoms with Crippen molar-refractivity contribution in [3.05, 3.63) is 39.0 Å². The summed E-state index contributed by atoms with van der Waals surface area (Å²) in [5, 5.41) is 2.04. The average Bonchev–Trinajstić information content (AvgIpc) is 3.12. The van der Waals surface area contributed by atoms with Crippen LogP contribution in [-0.2, 0) is 0 Å². The molecule has 0 aliphatic carbocycles. The van der Waals surface area contributed by atoms with Crippen LogP contribution in [0.25, 0.3) is 0 Å². The molecule has 2 unspecified atom stereocenters. The molecule has 2 atom stereocenters. The van der Waals surface area contributed by atoms with Gasteiger partial charge in [0.25, 0.3) is 0 Å². The first-order valence-electron chi connectivity index (χ1n) is 6.73. The van der Waals surface area contributed by atoms with Crippen molar-refractivity contribution in [3.63, 3.8) is 0 Å². The number of rotatable bonds is 5. The van der Waals surface area contributed by atoms with Crippen LogP contribution in [0.15, 0.2) is 34.1 Å². The highest BCUT2D eigenvalue weighted by molar-refractivity contribution is 9.10. The topological polar surface area (TPSA) is 53.7 Å². The van der Waals surface area contributed by atoms with Crippen LogP contribution in [0.3, 0.4) is 0 Å². The van der Waals surface area contributed by atoms with Crippen LogP contribution in [0.1, 0.15) is 24.3 Å². The van der Waals surface area contributed by atoms with Crippen molar-refractivity contribution in [2.45, 2.75) is 25.5 Å². The van der Waals surface area contributed by atoms with Gasteiger partial charge in [-0.1, -0.05) is 6.92 Å². The summed E-state index contributed by atoms with van der Waals surface area (Å²) in [5.41, 5.74) is 6.23. The summed E-state index contributed by atoms with van der Waals surface area (Å²) < 4.78 is 17.9. The van der Waals surface area contributed by atoms with Crippen molar-refractivity contribution in [1.29, 1.82) is 0 Å². The molecule has 1 aromatic heterocycles. The molecule has 1 aliphatic heterocycles. The first-order valence-corrected chi connectivity index (χ1v) is 8.40.